The molecular weight excluding hydrogens is 178 g/mol. The highest BCUT2D eigenvalue weighted by Gasteiger charge is 2.45. The Labute approximate surface area is 73.7 Å². The fourth-order valence-electron chi connectivity index (χ4n) is 1.58. The largest absolute Gasteiger partial charge is 0.381 e. The number of nitrogens with zero attached hydrogens (tertiary/aromatic N) is 3. The van der Waals surface area contributed by atoms with Crippen LogP contribution in [-0.4, -0.2) is 20.9 Å². The summed E-state index contributed by atoms with van der Waals surface area (Å²) in [5, 5.41) is 7.25. The zero-order valence-corrected chi connectivity index (χ0v) is 6.95. The second kappa shape index (κ2) is 2.65. The molecule has 0 bridgehead atoms. The van der Waals surface area contributed by atoms with E-state index in [1.54, 1.807) is 6.20 Å². The quantitative estimate of drug-likeness (QED) is 0.750. The molecule has 4 nitrogen and oxygen atoms in total. The monoisotopic (exact) mass is 188 g/mol. The first-order chi connectivity index (χ1) is 6.05. The van der Waals surface area contributed by atoms with E-state index >= 15 is 0 Å². The zero-order chi connectivity index (χ0) is 9.47. The number of alkyl halides is 2. The molecule has 2 rings (SSSR count). The van der Waals surface area contributed by atoms with Gasteiger partial charge in [-0.3, -0.25) is 4.68 Å². The van der Waals surface area contributed by atoms with E-state index in [9.17, 15) is 8.78 Å². The SMILES string of the molecule is Nc1cn(CC2CC(F)(F)C2)nn1. The molecule has 0 aromatic carbocycles. The third kappa shape index (κ3) is 1.76. The number of nitrogen functional groups attached to an aromatic ring is 1. The van der Waals surface area contributed by atoms with Crippen LogP contribution in [0.3, 0.4) is 0 Å². The van der Waals surface area contributed by atoms with Crippen molar-refractivity contribution in [1.82, 2.24) is 15.0 Å². The molecule has 6 heteroatoms. The molecule has 0 atom stereocenters. The Kier molecular flexibility index (Phi) is 1.71. The van der Waals surface area contributed by atoms with E-state index in [0.717, 1.165) is 0 Å². The van der Waals surface area contributed by atoms with Crippen LogP contribution >= 0.6 is 0 Å². The van der Waals surface area contributed by atoms with Gasteiger partial charge in [-0.25, -0.2) is 8.78 Å². The van der Waals surface area contributed by atoms with Gasteiger partial charge >= 0.3 is 0 Å². The molecule has 0 amide bonds. The van der Waals surface area contributed by atoms with E-state index in [0.29, 0.717) is 12.4 Å². The molecule has 0 saturated heterocycles. The van der Waals surface area contributed by atoms with Crippen LogP contribution in [0.2, 0.25) is 0 Å². The van der Waals surface area contributed by atoms with E-state index in [4.69, 9.17) is 5.73 Å². The fraction of sp³-hybridized carbons (Fsp3) is 0.714. The summed E-state index contributed by atoms with van der Waals surface area (Å²) in [6.45, 7) is 0.486. The number of nitrogens with two attached hydrogens (primary N) is 1. The molecule has 2 N–H and O–H groups in total. The van der Waals surface area contributed by atoms with Crippen molar-refractivity contribution in [3.63, 3.8) is 0 Å². The maximum absolute atomic E-state index is 12.4. The van der Waals surface area contributed by atoms with Gasteiger partial charge in [0.2, 0.25) is 5.92 Å². The summed E-state index contributed by atoms with van der Waals surface area (Å²) in [5.41, 5.74) is 5.32. The van der Waals surface area contributed by atoms with E-state index in [2.05, 4.69) is 10.3 Å². The maximum Gasteiger partial charge on any atom is 0.248 e. The Morgan fingerprint density at radius 2 is 2.31 bits per heavy atom. The van der Waals surface area contributed by atoms with Crippen LogP contribution < -0.4 is 5.73 Å². The van der Waals surface area contributed by atoms with Gasteiger partial charge in [-0.1, -0.05) is 5.21 Å². The van der Waals surface area contributed by atoms with Crippen LogP contribution in [0.5, 0.6) is 0 Å². The average Bonchev–Trinajstić information content (AvgIpc) is 2.31. The van der Waals surface area contributed by atoms with Gasteiger partial charge in [0.25, 0.3) is 0 Å². The summed E-state index contributed by atoms with van der Waals surface area (Å²) in [6.07, 6.45) is 1.45. The highest BCUT2D eigenvalue weighted by Crippen LogP contribution is 2.42. The van der Waals surface area contributed by atoms with E-state index in [1.807, 2.05) is 0 Å². The van der Waals surface area contributed by atoms with Gasteiger partial charge in [-0.05, 0) is 5.92 Å². The Morgan fingerprint density at radius 1 is 1.62 bits per heavy atom. The number of anilines is 1. The molecule has 1 heterocycles. The molecule has 0 unspecified atom stereocenters. The number of hydrogen-bond acceptors (Lipinski definition) is 3. The predicted octanol–water partition coefficient (Wildman–Crippen LogP) is 0.906. The Morgan fingerprint density at radius 3 is 2.77 bits per heavy atom. The summed E-state index contributed by atoms with van der Waals surface area (Å²) < 4.78 is 26.4. The minimum Gasteiger partial charge on any atom is -0.381 e. The lowest BCUT2D eigenvalue weighted by atomic mass is 9.81. The number of hydrogen-bond donors (Lipinski definition) is 1. The second-order valence-corrected chi connectivity index (χ2v) is 3.50. The van der Waals surface area contributed by atoms with Crippen LogP contribution in [0, 0.1) is 5.92 Å². The highest BCUT2D eigenvalue weighted by atomic mass is 19.3. The molecule has 0 aliphatic heterocycles. The van der Waals surface area contributed by atoms with Gasteiger partial charge in [0.05, 0.1) is 6.20 Å². The molecule has 0 spiro atoms. The Hall–Kier alpha value is -1.20. The lowest BCUT2D eigenvalue weighted by molar-refractivity contribution is -0.114. The van der Waals surface area contributed by atoms with E-state index in [1.165, 1.54) is 4.68 Å². The molecule has 72 valence electrons. The predicted molar refractivity (Wildman–Crippen MR) is 42.1 cm³/mol. The maximum atomic E-state index is 12.4. The summed E-state index contributed by atoms with van der Waals surface area (Å²) in [5.74, 6) is -2.13. The van der Waals surface area contributed by atoms with Gasteiger partial charge < -0.3 is 5.73 Å². The zero-order valence-electron chi connectivity index (χ0n) is 6.95. The fourth-order valence-corrected chi connectivity index (χ4v) is 1.58. The summed E-state index contributed by atoms with van der Waals surface area (Å²) in [6, 6.07) is 0. The highest BCUT2D eigenvalue weighted by molar-refractivity contribution is 5.19. The smallest absolute Gasteiger partial charge is 0.248 e. The van der Waals surface area contributed by atoms with Crippen molar-refractivity contribution in [3.8, 4) is 0 Å². The van der Waals surface area contributed by atoms with Gasteiger partial charge in [-0.2, -0.15) is 0 Å². The van der Waals surface area contributed by atoms with Crippen LogP contribution in [0.25, 0.3) is 0 Å². The van der Waals surface area contributed by atoms with Crippen LogP contribution in [-0.2, 0) is 6.54 Å². The van der Waals surface area contributed by atoms with Crippen molar-refractivity contribution in [3.05, 3.63) is 6.20 Å². The van der Waals surface area contributed by atoms with Crippen LogP contribution in [0.4, 0.5) is 14.6 Å². The molecule has 13 heavy (non-hydrogen) atoms. The lowest BCUT2D eigenvalue weighted by Crippen LogP contribution is -2.37. The molecule has 0 radical (unpaired) electrons. The topological polar surface area (TPSA) is 56.7 Å². The van der Waals surface area contributed by atoms with Crippen molar-refractivity contribution in [2.75, 3.05) is 5.73 Å². The number of rotatable bonds is 2. The molecule has 1 aromatic heterocycles. The van der Waals surface area contributed by atoms with Crippen molar-refractivity contribution in [1.29, 1.82) is 0 Å². The van der Waals surface area contributed by atoms with Crippen molar-refractivity contribution < 1.29 is 8.78 Å². The molecule has 1 aliphatic carbocycles. The van der Waals surface area contributed by atoms with Gasteiger partial charge in [-0.15, -0.1) is 5.10 Å². The van der Waals surface area contributed by atoms with Gasteiger partial charge in [0.15, 0.2) is 5.82 Å². The Bertz CT molecular complexity index is 301. The number of aromatic nitrogens is 3. The first-order valence-electron chi connectivity index (χ1n) is 4.09. The third-order valence-corrected chi connectivity index (χ3v) is 2.18. The standard InChI is InChI=1S/C7H10F2N4/c8-7(9)1-5(2-7)3-13-4-6(10)11-12-13/h4-5H,1-3,10H2. The van der Waals surface area contributed by atoms with Gasteiger partial charge in [0, 0.05) is 19.4 Å². The third-order valence-electron chi connectivity index (χ3n) is 2.18. The molecule has 1 aromatic rings. The normalized spacial score (nSPS) is 21.4. The van der Waals surface area contributed by atoms with Crippen molar-refractivity contribution in [2.45, 2.75) is 25.3 Å². The minimum atomic E-state index is -2.46. The molecule has 1 fully saturated rings. The summed E-state index contributed by atoms with van der Waals surface area (Å²) >= 11 is 0. The summed E-state index contributed by atoms with van der Waals surface area (Å²) in [4.78, 5) is 0. The molecule has 1 aliphatic rings. The second-order valence-electron chi connectivity index (χ2n) is 3.50. The first kappa shape index (κ1) is 8.40. The van der Waals surface area contributed by atoms with E-state index < -0.39 is 5.92 Å². The van der Waals surface area contributed by atoms with Crippen molar-refractivity contribution >= 4 is 5.82 Å². The summed E-state index contributed by atoms with van der Waals surface area (Å²) in [7, 11) is 0. The molecular formula is C7H10F2N4. The number of halogens is 2. The first-order valence-corrected chi connectivity index (χ1v) is 4.09. The van der Waals surface area contributed by atoms with Crippen LogP contribution in [0.1, 0.15) is 12.8 Å². The minimum absolute atomic E-state index is 0.0103. The van der Waals surface area contributed by atoms with Crippen LogP contribution in [0.15, 0.2) is 6.20 Å². The van der Waals surface area contributed by atoms with Crippen molar-refractivity contribution in [2.24, 2.45) is 5.92 Å². The molecule has 1 saturated carbocycles. The lowest BCUT2D eigenvalue weighted by Gasteiger charge is -2.34. The Balaban J connectivity index is 1.87. The average molecular weight is 188 g/mol. The van der Waals surface area contributed by atoms with E-state index in [-0.39, 0.29) is 18.8 Å². The van der Waals surface area contributed by atoms with Gasteiger partial charge in [0.1, 0.15) is 0 Å².